The summed E-state index contributed by atoms with van der Waals surface area (Å²) in [6, 6.07) is -1.99. The maximum absolute atomic E-state index is 14.5. The number of aromatic nitrogens is 4. The molecule has 3 aromatic rings. The summed E-state index contributed by atoms with van der Waals surface area (Å²) in [5.74, 6) is -5.54. The molecular formula is C15H7Cl3F7N5S. The van der Waals surface area contributed by atoms with Gasteiger partial charge >= 0.3 is 10.1 Å². The molecule has 0 spiro atoms. The Kier molecular flexibility index (Phi) is 6.44. The molecule has 16 heteroatoms. The lowest BCUT2D eigenvalue weighted by Gasteiger charge is -2.33. The Morgan fingerprint density at radius 2 is 1.65 bits per heavy atom. The number of nitrogens with zero attached hydrogens (tertiary/aromatic N) is 5. The number of alkyl halides is 6. The number of hydrogen-bond acceptors (Lipinski definition) is 5. The monoisotopic (exact) mass is 527 g/mol. The van der Waals surface area contributed by atoms with Gasteiger partial charge in [-0.25, -0.2) is 13.2 Å². The minimum atomic E-state index is -5.01. The van der Waals surface area contributed by atoms with Crippen molar-refractivity contribution in [2.45, 2.75) is 23.1 Å². The van der Waals surface area contributed by atoms with Crippen LogP contribution in [0, 0.1) is 17.5 Å². The Labute approximate surface area is 188 Å². The van der Waals surface area contributed by atoms with Crippen LogP contribution in [0.4, 0.5) is 36.6 Å². The van der Waals surface area contributed by atoms with Gasteiger partial charge in [-0.15, -0.1) is 0 Å². The van der Waals surface area contributed by atoms with Crippen LogP contribution in [-0.2, 0) is 0 Å². The molecule has 2 aromatic heterocycles. The normalized spacial score (nSPS) is 13.6. The molecule has 0 aliphatic heterocycles. The number of halogens is 10. The van der Waals surface area contributed by atoms with E-state index >= 15 is 0 Å². The second kappa shape index (κ2) is 8.34. The summed E-state index contributed by atoms with van der Waals surface area (Å²) in [5, 5.41) is 2.94. The van der Waals surface area contributed by atoms with E-state index in [4.69, 9.17) is 34.8 Å². The van der Waals surface area contributed by atoms with E-state index in [-0.39, 0.29) is 34.2 Å². The fourth-order valence-corrected chi connectivity index (χ4v) is 4.01. The molecule has 31 heavy (non-hydrogen) atoms. The molecule has 0 radical (unpaired) electrons. The number of benzene rings is 1. The lowest BCUT2D eigenvalue weighted by atomic mass is 10.1. The molecule has 0 fully saturated rings. The van der Waals surface area contributed by atoms with Gasteiger partial charge in [-0.3, -0.25) is 4.31 Å². The Bertz CT molecular complexity index is 1110. The molecule has 0 saturated carbocycles. The van der Waals surface area contributed by atoms with E-state index in [9.17, 15) is 30.7 Å². The van der Waals surface area contributed by atoms with Crippen LogP contribution in [0.25, 0.3) is 16.9 Å². The smallest absolute Gasteiger partial charge is 0.283 e. The van der Waals surface area contributed by atoms with Gasteiger partial charge in [0.1, 0.15) is 35.0 Å². The molecule has 1 atom stereocenters. The molecule has 5 nitrogen and oxygen atoms in total. The van der Waals surface area contributed by atoms with Gasteiger partial charge in [-0.05, 0) is 6.92 Å². The van der Waals surface area contributed by atoms with Crippen molar-refractivity contribution in [3.8, 4) is 11.1 Å². The van der Waals surface area contributed by atoms with Crippen molar-refractivity contribution >= 4 is 58.3 Å². The highest BCUT2D eigenvalue weighted by molar-refractivity contribution is 8.04. The molecule has 0 saturated heterocycles. The van der Waals surface area contributed by atoms with E-state index in [2.05, 4.69) is 15.1 Å². The predicted molar refractivity (Wildman–Crippen MR) is 102 cm³/mol. The van der Waals surface area contributed by atoms with E-state index in [1.54, 1.807) is 0 Å². The Morgan fingerprint density at radius 1 is 1.06 bits per heavy atom. The zero-order valence-corrected chi connectivity index (χ0v) is 17.8. The van der Waals surface area contributed by atoms with E-state index in [1.807, 2.05) is 0 Å². The van der Waals surface area contributed by atoms with Crippen LogP contribution in [-0.4, -0.2) is 35.7 Å². The van der Waals surface area contributed by atoms with Gasteiger partial charge in [-0.2, -0.15) is 37.1 Å². The first-order valence-corrected chi connectivity index (χ1v) is 9.77. The fraction of sp³-hybridized carbons (Fsp3) is 0.267. The molecule has 0 unspecified atom stereocenters. The van der Waals surface area contributed by atoms with Crippen molar-refractivity contribution in [3.63, 3.8) is 0 Å². The van der Waals surface area contributed by atoms with Gasteiger partial charge in [0.15, 0.2) is 5.82 Å². The maximum Gasteiger partial charge on any atom is 0.409 e. The predicted octanol–water partition coefficient (Wildman–Crippen LogP) is 6.33. The van der Waals surface area contributed by atoms with Gasteiger partial charge < -0.3 is 0 Å². The first-order valence-electron chi connectivity index (χ1n) is 7.86. The summed E-state index contributed by atoms with van der Waals surface area (Å²) in [6.07, 6.45) is -4.15. The molecular weight excluding hydrogens is 522 g/mol. The molecule has 0 aliphatic rings. The minimum absolute atomic E-state index is 0.173. The summed E-state index contributed by atoms with van der Waals surface area (Å²) in [6.45, 7) is 0.602. The zero-order valence-electron chi connectivity index (χ0n) is 14.7. The molecule has 0 N–H and O–H groups in total. The summed E-state index contributed by atoms with van der Waals surface area (Å²) in [7, 11) is 0. The molecule has 0 aliphatic carbocycles. The van der Waals surface area contributed by atoms with E-state index < -0.39 is 55.7 Å². The van der Waals surface area contributed by atoms with Crippen LogP contribution in [0.3, 0.4) is 0 Å². The Balaban J connectivity index is 2.44. The third-order valence-corrected chi connectivity index (χ3v) is 5.43. The highest BCUT2D eigenvalue weighted by Crippen LogP contribution is 2.48. The van der Waals surface area contributed by atoms with Crippen LogP contribution in [0.1, 0.15) is 6.92 Å². The fourth-order valence-electron chi connectivity index (χ4n) is 2.55. The van der Waals surface area contributed by atoms with Crippen LogP contribution >= 0.6 is 46.8 Å². The van der Waals surface area contributed by atoms with Gasteiger partial charge in [0.25, 0.3) is 5.78 Å². The van der Waals surface area contributed by atoms with E-state index in [1.165, 1.54) is 0 Å². The molecule has 1 aromatic carbocycles. The van der Waals surface area contributed by atoms with Gasteiger partial charge in [0.2, 0.25) is 0 Å². The average Bonchev–Trinajstić information content (AvgIpc) is 3.05. The third kappa shape index (κ3) is 4.89. The highest BCUT2D eigenvalue weighted by Gasteiger charge is 2.46. The Morgan fingerprint density at radius 3 is 2.16 bits per heavy atom. The van der Waals surface area contributed by atoms with Crippen molar-refractivity contribution < 1.29 is 30.7 Å². The van der Waals surface area contributed by atoms with Crippen molar-refractivity contribution in [3.05, 3.63) is 41.1 Å². The van der Waals surface area contributed by atoms with Crippen LogP contribution < -0.4 is 4.31 Å². The molecule has 168 valence electrons. The molecule has 2 heterocycles. The zero-order chi connectivity index (χ0) is 23.3. The standard InChI is InChI=1S/C15H7Cl3F7N5S/c1-5(14(22,23)24)30(31-15(17,18)25)12-10(9-7(20)2-6(19)3-8(9)21)11(16)28-13-26-4-27-29(12)13/h2-5H,1H3/t5-/m0/s1. The molecule has 3 rings (SSSR count). The number of hydrogen-bond donors (Lipinski definition) is 0. The third-order valence-electron chi connectivity index (χ3n) is 3.85. The van der Waals surface area contributed by atoms with Gasteiger partial charge in [-0.1, -0.05) is 34.8 Å². The average molecular weight is 529 g/mol. The minimum Gasteiger partial charge on any atom is -0.283 e. The maximum atomic E-state index is 14.5. The summed E-state index contributed by atoms with van der Waals surface area (Å²) in [5.41, 5.74) is -1.84. The van der Waals surface area contributed by atoms with Crippen molar-refractivity contribution in [2.75, 3.05) is 4.31 Å². The van der Waals surface area contributed by atoms with Crippen LogP contribution in [0.15, 0.2) is 18.5 Å². The van der Waals surface area contributed by atoms with E-state index in [0.717, 1.165) is 6.33 Å². The van der Waals surface area contributed by atoms with Gasteiger partial charge in [0, 0.05) is 24.1 Å². The largest absolute Gasteiger partial charge is 0.409 e. The highest BCUT2D eigenvalue weighted by atomic mass is 35.5. The summed E-state index contributed by atoms with van der Waals surface area (Å²) < 4.78 is 94.7. The lowest BCUT2D eigenvalue weighted by molar-refractivity contribution is -0.141. The number of rotatable bonds is 5. The second-order valence-electron chi connectivity index (χ2n) is 5.90. The van der Waals surface area contributed by atoms with Crippen molar-refractivity contribution in [2.24, 2.45) is 0 Å². The lowest BCUT2D eigenvalue weighted by Crippen LogP contribution is -2.42. The Hall–Kier alpha value is -1.70. The topological polar surface area (TPSA) is 46.3 Å². The van der Waals surface area contributed by atoms with E-state index in [0.29, 0.717) is 11.4 Å². The van der Waals surface area contributed by atoms with Gasteiger partial charge in [0.05, 0.1) is 11.1 Å². The first kappa shape index (κ1) is 24.0. The number of fused-ring (bicyclic) bond motifs is 1. The molecule has 0 bridgehead atoms. The first-order chi connectivity index (χ1) is 14.2. The second-order valence-corrected chi connectivity index (χ2v) is 9.08. The number of anilines is 1. The van der Waals surface area contributed by atoms with Crippen LogP contribution in [0.2, 0.25) is 5.15 Å². The van der Waals surface area contributed by atoms with Crippen molar-refractivity contribution in [1.29, 1.82) is 0 Å². The quantitative estimate of drug-likeness (QED) is 0.168. The SMILES string of the molecule is C[C@H](N(SC(F)(Cl)Cl)c1c(-c2c(F)cc(F)cc2F)c(Cl)nc2ncnn12)C(F)(F)F. The molecule has 0 amide bonds. The van der Waals surface area contributed by atoms with Crippen molar-refractivity contribution in [1.82, 2.24) is 19.6 Å². The summed E-state index contributed by atoms with van der Waals surface area (Å²) in [4.78, 5) is 7.39. The van der Waals surface area contributed by atoms with Crippen LogP contribution in [0.5, 0.6) is 0 Å². The summed E-state index contributed by atoms with van der Waals surface area (Å²) >= 11 is 16.2.